The average molecular weight is 377 g/mol. The molecular formula is C16H16Cl3NO3. The summed E-state index contributed by atoms with van der Waals surface area (Å²) in [6, 6.07) is 8.54. The van der Waals surface area contributed by atoms with Crippen molar-refractivity contribution in [3.8, 4) is 17.2 Å². The smallest absolute Gasteiger partial charge is 0.179 e. The third kappa shape index (κ3) is 4.82. The van der Waals surface area contributed by atoms with Crippen molar-refractivity contribution in [1.29, 1.82) is 0 Å². The summed E-state index contributed by atoms with van der Waals surface area (Å²) in [7, 11) is 1.54. The lowest BCUT2D eigenvalue weighted by atomic mass is 10.2. The van der Waals surface area contributed by atoms with Crippen molar-refractivity contribution in [3.63, 3.8) is 0 Å². The van der Waals surface area contributed by atoms with Gasteiger partial charge in [-0.25, -0.2) is 0 Å². The van der Waals surface area contributed by atoms with Crippen LogP contribution in [0.25, 0.3) is 0 Å². The van der Waals surface area contributed by atoms with Gasteiger partial charge in [-0.15, -0.1) is 0 Å². The Kier molecular flexibility index (Phi) is 6.66. The van der Waals surface area contributed by atoms with Crippen molar-refractivity contribution in [2.24, 2.45) is 5.73 Å². The molecule has 0 saturated carbocycles. The van der Waals surface area contributed by atoms with Crippen molar-refractivity contribution in [3.05, 3.63) is 51.0 Å². The highest BCUT2D eigenvalue weighted by Gasteiger charge is 2.12. The highest BCUT2D eigenvalue weighted by Crippen LogP contribution is 2.36. The minimum Gasteiger partial charge on any atom is -0.493 e. The number of hydrogen-bond donors (Lipinski definition) is 1. The fraction of sp³-hybridized carbons (Fsp3) is 0.250. The second-order valence-corrected chi connectivity index (χ2v) is 5.84. The van der Waals surface area contributed by atoms with Crippen molar-refractivity contribution >= 4 is 34.8 Å². The molecule has 0 atom stereocenters. The first-order chi connectivity index (χ1) is 11.0. The molecule has 2 rings (SSSR count). The van der Waals surface area contributed by atoms with E-state index in [1.807, 2.05) is 0 Å². The standard InChI is InChI=1S/C16H16Cl3NO3/c1-21-15-7-10(9-20)6-13(19)16(15)23-5-4-22-14-8-11(17)2-3-12(14)18/h2-3,6-8H,4-5,9,20H2,1H3. The summed E-state index contributed by atoms with van der Waals surface area (Å²) in [5, 5.41) is 1.47. The number of rotatable bonds is 7. The molecule has 2 N–H and O–H groups in total. The van der Waals surface area contributed by atoms with Crippen molar-refractivity contribution < 1.29 is 14.2 Å². The Morgan fingerprint density at radius 2 is 1.65 bits per heavy atom. The molecule has 0 aliphatic heterocycles. The SMILES string of the molecule is COc1cc(CN)cc(Cl)c1OCCOc1cc(Cl)ccc1Cl. The predicted molar refractivity (Wildman–Crippen MR) is 93.3 cm³/mol. The summed E-state index contributed by atoms with van der Waals surface area (Å²) in [5.74, 6) is 1.48. The van der Waals surface area contributed by atoms with Gasteiger partial charge in [0.05, 0.1) is 17.2 Å². The lowest BCUT2D eigenvalue weighted by molar-refractivity contribution is 0.211. The number of ether oxygens (including phenoxy) is 3. The molecule has 0 heterocycles. The van der Waals surface area contributed by atoms with Gasteiger partial charge < -0.3 is 19.9 Å². The first-order valence-electron chi connectivity index (χ1n) is 6.82. The largest absolute Gasteiger partial charge is 0.493 e. The molecule has 0 aliphatic rings. The maximum absolute atomic E-state index is 6.19. The molecule has 0 aromatic heterocycles. The van der Waals surface area contributed by atoms with Gasteiger partial charge in [-0.3, -0.25) is 0 Å². The normalized spacial score (nSPS) is 10.5. The lowest BCUT2D eigenvalue weighted by Crippen LogP contribution is -2.10. The van der Waals surface area contributed by atoms with Crippen LogP contribution in [0.15, 0.2) is 30.3 Å². The fourth-order valence-corrected chi connectivity index (χ4v) is 2.54. The van der Waals surface area contributed by atoms with Gasteiger partial charge in [0.25, 0.3) is 0 Å². The van der Waals surface area contributed by atoms with Crippen LogP contribution in [0.5, 0.6) is 17.2 Å². The second-order valence-electron chi connectivity index (χ2n) is 4.58. The van der Waals surface area contributed by atoms with Gasteiger partial charge in [0, 0.05) is 17.6 Å². The van der Waals surface area contributed by atoms with Crippen LogP contribution in [0.2, 0.25) is 15.1 Å². The number of methoxy groups -OCH3 is 1. The Bertz CT molecular complexity index is 680. The zero-order valence-electron chi connectivity index (χ0n) is 12.4. The van der Waals surface area contributed by atoms with E-state index in [0.717, 1.165) is 5.56 Å². The highest BCUT2D eigenvalue weighted by molar-refractivity contribution is 6.34. The molecule has 124 valence electrons. The van der Waals surface area contributed by atoms with E-state index in [4.69, 9.17) is 54.7 Å². The quantitative estimate of drug-likeness (QED) is 0.719. The Labute approximate surface area is 150 Å². The highest BCUT2D eigenvalue weighted by atomic mass is 35.5. The summed E-state index contributed by atoms with van der Waals surface area (Å²) >= 11 is 18.1. The van der Waals surface area contributed by atoms with Gasteiger partial charge in [-0.05, 0) is 29.8 Å². The van der Waals surface area contributed by atoms with Crippen LogP contribution < -0.4 is 19.9 Å². The van der Waals surface area contributed by atoms with Crippen molar-refractivity contribution in [2.45, 2.75) is 6.54 Å². The Morgan fingerprint density at radius 3 is 2.35 bits per heavy atom. The summed E-state index contributed by atoms with van der Waals surface area (Å²) in [5.41, 5.74) is 6.47. The monoisotopic (exact) mass is 375 g/mol. The van der Waals surface area contributed by atoms with Crippen LogP contribution in [0, 0.1) is 0 Å². The van der Waals surface area contributed by atoms with E-state index >= 15 is 0 Å². The van der Waals surface area contributed by atoms with E-state index in [-0.39, 0.29) is 13.2 Å². The van der Waals surface area contributed by atoms with Crippen LogP contribution in [0.4, 0.5) is 0 Å². The first-order valence-corrected chi connectivity index (χ1v) is 7.95. The molecule has 0 amide bonds. The van der Waals surface area contributed by atoms with Gasteiger partial charge in [0.2, 0.25) is 0 Å². The van der Waals surface area contributed by atoms with Crippen molar-refractivity contribution in [2.75, 3.05) is 20.3 Å². The van der Waals surface area contributed by atoms with Gasteiger partial charge in [-0.2, -0.15) is 0 Å². The molecule has 0 saturated heterocycles. The summed E-state index contributed by atoms with van der Waals surface area (Å²) in [6.07, 6.45) is 0. The van der Waals surface area contributed by atoms with Crippen LogP contribution in [0.3, 0.4) is 0 Å². The molecule has 0 unspecified atom stereocenters. The van der Waals surface area contributed by atoms with Gasteiger partial charge >= 0.3 is 0 Å². The number of halogens is 3. The van der Waals surface area contributed by atoms with E-state index in [1.54, 1.807) is 37.4 Å². The second kappa shape index (κ2) is 8.50. The van der Waals surface area contributed by atoms with Crippen LogP contribution in [-0.2, 0) is 6.54 Å². The average Bonchev–Trinajstić information content (AvgIpc) is 2.55. The molecule has 4 nitrogen and oxygen atoms in total. The molecule has 0 spiro atoms. The minimum absolute atomic E-state index is 0.265. The Hall–Kier alpha value is -1.33. The molecule has 2 aromatic rings. The van der Waals surface area contributed by atoms with Gasteiger partial charge in [0.1, 0.15) is 19.0 Å². The third-order valence-corrected chi connectivity index (χ3v) is 3.83. The van der Waals surface area contributed by atoms with E-state index in [2.05, 4.69) is 0 Å². The molecule has 2 aromatic carbocycles. The van der Waals surface area contributed by atoms with Crippen LogP contribution in [0.1, 0.15) is 5.56 Å². The van der Waals surface area contributed by atoms with E-state index in [0.29, 0.717) is 38.9 Å². The molecule has 0 radical (unpaired) electrons. The van der Waals surface area contributed by atoms with Gasteiger partial charge in [-0.1, -0.05) is 34.8 Å². The fourth-order valence-electron chi connectivity index (χ4n) is 1.91. The molecule has 0 fully saturated rings. The van der Waals surface area contributed by atoms with Gasteiger partial charge in [0.15, 0.2) is 11.5 Å². The molecule has 0 bridgehead atoms. The maximum Gasteiger partial charge on any atom is 0.179 e. The molecule has 23 heavy (non-hydrogen) atoms. The molecule has 7 heteroatoms. The summed E-state index contributed by atoms with van der Waals surface area (Å²) < 4.78 is 16.5. The first kappa shape index (κ1) is 18.0. The predicted octanol–water partition coefficient (Wildman–Crippen LogP) is 4.57. The zero-order valence-corrected chi connectivity index (χ0v) is 14.7. The summed E-state index contributed by atoms with van der Waals surface area (Å²) in [6.45, 7) is 0.909. The van der Waals surface area contributed by atoms with E-state index in [1.165, 1.54) is 0 Å². The van der Waals surface area contributed by atoms with E-state index < -0.39 is 0 Å². The van der Waals surface area contributed by atoms with Crippen LogP contribution in [-0.4, -0.2) is 20.3 Å². The molecule has 0 aliphatic carbocycles. The van der Waals surface area contributed by atoms with E-state index in [9.17, 15) is 0 Å². The lowest BCUT2D eigenvalue weighted by Gasteiger charge is -2.14. The zero-order chi connectivity index (χ0) is 16.8. The Morgan fingerprint density at radius 1 is 0.913 bits per heavy atom. The topological polar surface area (TPSA) is 53.7 Å². The number of nitrogens with two attached hydrogens (primary N) is 1. The Balaban J connectivity index is 1.97. The summed E-state index contributed by atoms with van der Waals surface area (Å²) in [4.78, 5) is 0. The molecular weight excluding hydrogens is 361 g/mol. The van der Waals surface area contributed by atoms with Crippen LogP contribution >= 0.6 is 34.8 Å². The number of hydrogen-bond acceptors (Lipinski definition) is 4. The third-order valence-electron chi connectivity index (χ3n) is 3.01. The number of benzene rings is 2. The minimum atomic E-state index is 0.265. The van der Waals surface area contributed by atoms with Crippen molar-refractivity contribution in [1.82, 2.24) is 0 Å². The maximum atomic E-state index is 6.19.